The first-order chi connectivity index (χ1) is 9.51. The third kappa shape index (κ3) is 3.17. The van der Waals surface area contributed by atoms with Crippen LogP contribution in [-0.2, 0) is 16.1 Å². The van der Waals surface area contributed by atoms with Crippen molar-refractivity contribution in [2.75, 3.05) is 6.54 Å². The Morgan fingerprint density at radius 3 is 2.85 bits per heavy atom. The molecule has 3 N–H and O–H groups in total. The summed E-state index contributed by atoms with van der Waals surface area (Å²) in [5.74, 6) is -0.482. The van der Waals surface area contributed by atoms with Gasteiger partial charge in [0.15, 0.2) is 0 Å². The number of ether oxygens (including phenoxy) is 1. The molecule has 1 heterocycles. The number of nitrogens with two attached hydrogens (primary N) is 1. The Labute approximate surface area is 122 Å². The van der Waals surface area contributed by atoms with E-state index in [4.69, 9.17) is 14.9 Å². The van der Waals surface area contributed by atoms with Gasteiger partial charge in [-0.2, -0.15) is 0 Å². The minimum absolute atomic E-state index is 0.0436. The van der Waals surface area contributed by atoms with Crippen molar-refractivity contribution in [1.82, 2.24) is 0 Å². The summed E-state index contributed by atoms with van der Waals surface area (Å²) in [4.78, 5) is 22.8. The fraction of sp³-hybridized carbons (Fsp3) is 0.231. The van der Waals surface area contributed by atoms with Crippen LogP contribution < -0.4 is 11.4 Å². The number of hydrogen-bond donors (Lipinski definition) is 2. The predicted molar refractivity (Wildman–Crippen MR) is 75.3 cm³/mol. The second-order valence-corrected chi connectivity index (χ2v) is 4.94. The van der Waals surface area contributed by atoms with E-state index in [-0.39, 0.29) is 30.9 Å². The van der Waals surface area contributed by atoms with Crippen LogP contribution in [0.1, 0.15) is 12.0 Å². The average molecular weight is 342 g/mol. The number of phenolic OH excluding ortho intramolecular Hbond substituents is 1. The van der Waals surface area contributed by atoms with Crippen molar-refractivity contribution in [2.45, 2.75) is 13.0 Å². The largest absolute Gasteiger partial charge is 0.507 e. The molecule has 0 amide bonds. The van der Waals surface area contributed by atoms with Gasteiger partial charge in [-0.05, 0) is 22.0 Å². The van der Waals surface area contributed by atoms with E-state index in [9.17, 15) is 14.7 Å². The van der Waals surface area contributed by atoms with Gasteiger partial charge in [0.1, 0.15) is 17.9 Å². The molecule has 6 nitrogen and oxygen atoms in total. The van der Waals surface area contributed by atoms with Gasteiger partial charge in [0.2, 0.25) is 0 Å². The molecule has 0 saturated heterocycles. The molecule has 7 heteroatoms. The summed E-state index contributed by atoms with van der Waals surface area (Å²) >= 11 is 3.18. The number of carbonyl (C=O) groups excluding carboxylic acids is 1. The van der Waals surface area contributed by atoms with E-state index in [1.54, 1.807) is 6.07 Å². The van der Waals surface area contributed by atoms with Gasteiger partial charge >= 0.3 is 11.6 Å². The van der Waals surface area contributed by atoms with E-state index in [1.807, 2.05) is 0 Å². The van der Waals surface area contributed by atoms with Crippen molar-refractivity contribution in [2.24, 2.45) is 5.73 Å². The Bertz CT molecular complexity index is 710. The number of halogens is 1. The highest BCUT2D eigenvalue weighted by Crippen LogP contribution is 2.30. The first kappa shape index (κ1) is 14.5. The summed E-state index contributed by atoms with van der Waals surface area (Å²) < 4.78 is 10.5. The van der Waals surface area contributed by atoms with Gasteiger partial charge in [-0.1, -0.05) is 0 Å². The van der Waals surface area contributed by atoms with E-state index >= 15 is 0 Å². The normalized spacial score (nSPS) is 10.7. The first-order valence-electron chi connectivity index (χ1n) is 5.82. The molecule has 20 heavy (non-hydrogen) atoms. The molecule has 0 spiro atoms. The molecule has 0 bridgehead atoms. The molecule has 2 rings (SSSR count). The van der Waals surface area contributed by atoms with Crippen LogP contribution in [0, 0.1) is 0 Å². The van der Waals surface area contributed by atoms with Crippen molar-refractivity contribution in [3.63, 3.8) is 0 Å². The molecule has 0 unspecified atom stereocenters. The van der Waals surface area contributed by atoms with E-state index in [2.05, 4.69) is 15.9 Å². The number of carbonyl (C=O) groups is 1. The predicted octanol–water partition coefficient (Wildman–Crippen LogP) is 1.65. The molecule has 0 aliphatic carbocycles. The second-order valence-electron chi connectivity index (χ2n) is 4.09. The Morgan fingerprint density at radius 2 is 2.15 bits per heavy atom. The van der Waals surface area contributed by atoms with Crippen LogP contribution in [-0.4, -0.2) is 17.6 Å². The van der Waals surface area contributed by atoms with Crippen LogP contribution in [0.2, 0.25) is 0 Å². The molecule has 0 aliphatic rings. The number of fused-ring (bicyclic) bond motifs is 1. The summed E-state index contributed by atoms with van der Waals surface area (Å²) in [7, 11) is 0. The van der Waals surface area contributed by atoms with Gasteiger partial charge in [-0.25, -0.2) is 4.79 Å². The summed E-state index contributed by atoms with van der Waals surface area (Å²) in [5, 5.41) is 10.2. The molecule has 1 aromatic carbocycles. The quantitative estimate of drug-likeness (QED) is 0.647. The summed E-state index contributed by atoms with van der Waals surface area (Å²) in [6, 6.07) is 4.17. The monoisotopic (exact) mass is 341 g/mol. The lowest BCUT2D eigenvalue weighted by Crippen LogP contribution is -2.12. The summed E-state index contributed by atoms with van der Waals surface area (Å²) in [6.45, 7) is 0.147. The number of esters is 1. The van der Waals surface area contributed by atoms with Gasteiger partial charge in [0.25, 0.3) is 0 Å². The fourth-order valence-electron chi connectivity index (χ4n) is 1.70. The third-order valence-electron chi connectivity index (χ3n) is 2.63. The second kappa shape index (κ2) is 6.06. The zero-order valence-corrected chi connectivity index (χ0v) is 12.0. The molecular formula is C13H12BrNO5. The first-order valence-corrected chi connectivity index (χ1v) is 6.61. The van der Waals surface area contributed by atoms with Crippen molar-refractivity contribution in [1.29, 1.82) is 0 Å². The Balaban J connectivity index is 2.39. The van der Waals surface area contributed by atoms with Crippen LogP contribution in [0.4, 0.5) is 0 Å². The lowest BCUT2D eigenvalue weighted by Gasteiger charge is -2.08. The number of rotatable bonds is 4. The number of benzene rings is 1. The Hall–Kier alpha value is -1.86. The standard InChI is InChI=1S/C13H12BrNO5/c14-9-4-8-7(6-19-12(17)1-2-15)3-13(18)20-11(8)5-10(9)16/h3-5,16H,1-2,6,15H2. The summed E-state index contributed by atoms with van der Waals surface area (Å²) in [6.07, 6.45) is 0.115. The molecular weight excluding hydrogens is 330 g/mol. The maximum atomic E-state index is 11.5. The highest BCUT2D eigenvalue weighted by molar-refractivity contribution is 9.10. The molecule has 0 fully saturated rings. The highest BCUT2D eigenvalue weighted by atomic mass is 79.9. The minimum Gasteiger partial charge on any atom is -0.507 e. The molecule has 0 radical (unpaired) electrons. The number of phenols is 1. The Kier molecular flexibility index (Phi) is 4.41. The van der Waals surface area contributed by atoms with Crippen LogP contribution in [0.15, 0.2) is 31.9 Å². The van der Waals surface area contributed by atoms with Crippen molar-refractivity contribution in [3.8, 4) is 5.75 Å². The van der Waals surface area contributed by atoms with E-state index in [0.29, 0.717) is 15.4 Å². The molecule has 106 valence electrons. The maximum Gasteiger partial charge on any atom is 0.336 e. The van der Waals surface area contributed by atoms with Gasteiger partial charge in [0.05, 0.1) is 10.9 Å². The number of hydrogen-bond acceptors (Lipinski definition) is 6. The van der Waals surface area contributed by atoms with Crippen LogP contribution >= 0.6 is 15.9 Å². The van der Waals surface area contributed by atoms with E-state index < -0.39 is 11.6 Å². The molecule has 2 aromatic rings. The van der Waals surface area contributed by atoms with E-state index in [0.717, 1.165) is 0 Å². The van der Waals surface area contributed by atoms with Gasteiger partial charge < -0.3 is 20.0 Å². The van der Waals surface area contributed by atoms with Crippen LogP contribution in [0.5, 0.6) is 5.75 Å². The lowest BCUT2D eigenvalue weighted by atomic mass is 10.1. The smallest absolute Gasteiger partial charge is 0.336 e. The highest BCUT2D eigenvalue weighted by Gasteiger charge is 2.11. The molecule has 0 atom stereocenters. The van der Waals surface area contributed by atoms with Crippen molar-refractivity contribution in [3.05, 3.63) is 38.7 Å². The molecule has 0 saturated carbocycles. The Morgan fingerprint density at radius 1 is 1.40 bits per heavy atom. The minimum atomic E-state index is -0.580. The fourth-order valence-corrected chi connectivity index (χ4v) is 2.05. The van der Waals surface area contributed by atoms with Crippen LogP contribution in [0.25, 0.3) is 11.0 Å². The van der Waals surface area contributed by atoms with Gasteiger partial charge in [-0.15, -0.1) is 0 Å². The maximum absolute atomic E-state index is 11.5. The van der Waals surface area contributed by atoms with Crippen LogP contribution in [0.3, 0.4) is 0 Å². The topological polar surface area (TPSA) is 103 Å². The van der Waals surface area contributed by atoms with E-state index in [1.165, 1.54) is 12.1 Å². The number of aromatic hydroxyl groups is 1. The lowest BCUT2D eigenvalue weighted by molar-refractivity contribution is -0.144. The zero-order chi connectivity index (χ0) is 14.7. The van der Waals surface area contributed by atoms with Crippen molar-refractivity contribution >= 4 is 32.9 Å². The molecule has 1 aromatic heterocycles. The third-order valence-corrected chi connectivity index (χ3v) is 3.27. The van der Waals surface area contributed by atoms with Gasteiger partial charge in [-0.3, -0.25) is 4.79 Å². The summed E-state index contributed by atoms with van der Waals surface area (Å²) in [5.41, 5.74) is 5.40. The average Bonchev–Trinajstić information content (AvgIpc) is 2.38. The van der Waals surface area contributed by atoms with Crippen molar-refractivity contribution < 1.29 is 19.1 Å². The SMILES string of the molecule is NCCC(=O)OCc1cc(=O)oc2cc(O)c(Br)cc12. The zero-order valence-electron chi connectivity index (χ0n) is 10.4. The van der Waals surface area contributed by atoms with Gasteiger partial charge in [0, 0.05) is 29.6 Å². The molecule has 0 aliphatic heterocycles.